The first-order valence-corrected chi connectivity index (χ1v) is 8.38. The van der Waals surface area contributed by atoms with Gasteiger partial charge in [0.25, 0.3) is 0 Å². The summed E-state index contributed by atoms with van der Waals surface area (Å²) in [5, 5.41) is 8.02. The van der Waals surface area contributed by atoms with Gasteiger partial charge in [-0.25, -0.2) is 0 Å². The molecule has 0 aliphatic rings. The van der Waals surface area contributed by atoms with Crippen LogP contribution in [0.2, 0.25) is 0 Å². The van der Waals surface area contributed by atoms with Gasteiger partial charge in [-0.1, -0.05) is 22.9 Å². The lowest BCUT2D eigenvalue weighted by Gasteiger charge is -2.14. The average molecular weight is 329 g/mol. The van der Waals surface area contributed by atoms with E-state index in [2.05, 4.69) is 22.0 Å². The first-order valence-electron chi connectivity index (χ1n) is 7.44. The lowest BCUT2D eigenvalue weighted by atomic mass is 10.2. The normalized spacial score (nSPS) is 11.1. The van der Waals surface area contributed by atoms with Gasteiger partial charge in [-0.15, -0.1) is 0 Å². The zero-order valence-electron chi connectivity index (χ0n) is 13.2. The molecular weight excluding hydrogens is 310 g/mol. The quantitative estimate of drug-likeness (QED) is 0.663. The Balaban J connectivity index is 1.46. The van der Waals surface area contributed by atoms with E-state index < -0.39 is 0 Å². The summed E-state index contributed by atoms with van der Waals surface area (Å²) in [6.45, 7) is 4.07. The number of rotatable bonds is 7. The fourth-order valence-corrected chi connectivity index (χ4v) is 2.73. The number of ether oxygens (including phenoxy) is 1. The third-order valence-corrected chi connectivity index (χ3v) is 4.10. The molecule has 6 heteroatoms. The summed E-state index contributed by atoms with van der Waals surface area (Å²) in [4.78, 5) is 6.51. The zero-order valence-corrected chi connectivity index (χ0v) is 14.0. The molecule has 0 atom stereocenters. The Morgan fingerprint density at radius 1 is 1.22 bits per heavy atom. The van der Waals surface area contributed by atoms with Crippen LogP contribution >= 0.6 is 11.3 Å². The maximum Gasteiger partial charge on any atom is 0.241 e. The highest BCUT2D eigenvalue weighted by Gasteiger charge is 2.11. The van der Waals surface area contributed by atoms with Gasteiger partial charge in [0.15, 0.2) is 0 Å². The van der Waals surface area contributed by atoms with E-state index in [1.54, 1.807) is 11.3 Å². The van der Waals surface area contributed by atoms with E-state index in [4.69, 9.17) is 9.26 Å². The first-order chi connectivity index (χ1) is 11.2. The van der Waals surface area contributed by atoms with Gasteiger partial charge in [0, 0.05) is 17.5 Å². The molecule has 0 aliphatic carbocycles. The molecule has 0 spiro atoms. The summed E-state index contributed by atoms with van der Waals surface area (Å²) in [6.07, 6.45) is 0. The van der Waals surface area contributed by atoms with Crippen molar-refractivity contribution in [2.24, 2.45) is 0 Å². The average Bonchev–Trinajstić information content (AvgIpc) is 3.20. The summed E-state index contributed by atoms with van der Waals surface area (Å²) < 4.78 is 11.0. The van der Waals surface area contributed by atoms with Crippen LogP contribution in [0.5, 0.6) is 5.75 Å². The van der Waals surface area contributed by atoms with Gasteiger partial charge >= 0.3 is 0 Å². The minimum absolute atomic E-state index is 0.606. The topological polar surface area (TPSA) is 51.4 Å². The van der Waals surface area contributed by atoms with E-state index in [1.807, 2.05) is 48.1 Å². The molecule has 3 rings (SSSR count). The second-order valence-corrected chi connectivity index (χ2v) is 6.20. The number of likely N-dealkylation sites (N-methyl/N-ethyl adjacent to an activating group) is 1. The Kier molecular flexibility index (Phi) is 5.05. The maximum atomic E-state index is 5.73. The van der Waals surface area contributed by atoms with Crippen molar-refractivity contribution in [3.05, 3.63) is 52.5 Å². The van der Waals surface area contributed by atoms with Crippen molar-refractivity contribution in [1.82, 2.24) is 15.0 Å². The summed E-state index contributed by atoms with van der Waals surface area (Å²) in [7, 11) is 2.01. The van der Waals surface area contributed by atoms with Crippen LogP contribution in [0, 0.1) is 6.92 Å². The van der Waals surface area contributed by atoms with Crippen molar-refractivity contribution < 1.29 is 9.26 Å². The minimum atomic E-state index is 0.606. The monoisotopic (exact) mass is 329 g/mol. The van der Waals surface area contributed by atoms with Gasteiger partial charge in [-0.05, 0) is 37.6 Å². The van der Waals surface area contributed by atoms with Crippen molar-refractivity contribution in [2.45, 2.75) is 13.5 Å². The van der Waals surface area contributed by atoms with E-state index in [0.717, 1.165) is 17.9 Å². The number of hydrogen-bond acceptors (Lipinski definition) is 6. The molecule has 0 N–H and O–H groups in total. The molecule has 23 heavy (non-hydrogen) atoms. The molecule has 0 unspecified atom stereocenters. The first kappa shape index (κ1) is 15.7. The summed E-state index contributed by atoms with van der Waals surface area (Å²) >= 11 is 1.62. The predicted octanol–water partition coefficient (Wildman–Crippen LogP) is 3.62. The minimum Gasteiger partial charge on any atom is -0.492 e. The third-order valence-electron chi connectivity index (χ3n) is 3.42. The molecule has 5 nitrogen and oxygen atoms in total. The molecule has 0 saturated heterocycles. The number of thiophene rings is 1. The maximum absolute atomic E-state index is 5.73. The standard InChI is InChI=1S/C17H19N3O2S/c1-13-3-5-15(6-4-13)21-9-8-20(2)11-16-18-17(19-22-16)14-7-10-23-12-14/h3-7,10,12H,8-9,11H2,1-2H3. The molecule has 120 valence electrons. The van der Waals surface area contributed by atoms with E-state index in [9.17, 15) is 0 Å². The van der Waals surface area contributed by atoms with Crippen LogP contribution in [0.4, 0.5) is 0 Å². The van der Waals surface area contributed by atoms with Crippen LogP contribution in [-0.4, -0.2) is 35.2 Å². The Morgan fingerprint density at radius 2 is 2.04 bits per heavy atom. The van der Waals surface area contributed by atoms with E-state index >= 15 is 0 Å². The van der Waals surface area contributed by atoms with Crippen LogP contribution in [0.3, 0.4) is 0 Å². The number of aromatic nitrogens is 2. The molecule has 3 aromatic rings. The summed E-state index contributed by atoms with van der Waals surface area (Å²) in [6, 6.07) is 10.0. The molecule has 0 amide bonds. The molecule has 0 saturated carbocycles. The summed E-state index contributed by atoms with van der Waals surface area (Å²) in [5.74, 6) is 2.15. The van der Waals surface area contributed by atoms with Gasteiger partial charge in [0.2, 0.25) is 11.7 Å². The van der Waals surface area contributed by atoms with Crippen molar-refractivity contribution in [3.63, 3.8) is 0 Å². The Hall–Kier alpha value is -2.18. The molecule has 0 aliphatic heterocycles. The molecule has 0 fully saturated rings. The molecule has 2 heterocycles. The third kappa shape index (κ3) is 4.40. The smallest absolute Gasteiger partial charge is 0.241 e. The number of aryl methyl sites for hydroxylation is 1. The predicted molar refractivity (Wildman–Crippen MR) is 90.6 cm³/mol. The molecule has 2 aromatic heterocycles. The number of hydrogen-bond donors (Lipinski definition) is 0. The van der Waals surface area contributed by atoms with Crippen LogP contribution in [0.15, 0.2) is 45.6 Å². The van der Waals surface area contributed by atoms with Crippen molar-refractivity contribution >= 4 is 11.3 Å². The van der Waals surface area contributed by atoms with Gasteiger partial charge in [-0.2, -0.15) is 16.3 Å². The van der Waals surface area contributed by atoms with Crippen LogP contribution in [0.1, 0.15) is 11.5 Å². The van der Waals surface area contributed by atoms with Gasteiger partial charge in [-0.3, -0.25) is 4.90 Å². The highest BCUT2D eigenvalue weighted by atomic mass is 32.1. The van der Waals surface area contributed by atoms with Crippen LogP contribution in [-0.2, 0) is 6.54 Å². The van der Waals surface area contributed by atoms with E-state index in [1.165, 1.54) is 5.56 Å². The summed E-state index contributed by atoms with van der Waals surface area (Å²) in [5.41, 5.74) is 2.22. The SMILES string of the molecule is Cc1ccc(OCCN(C)Cc2nc(-c3ccsc3)no2)cc1. The van der Waals surface area contributed by atoms with Gasteiger partial charge in [0.1, 0.15) is 12.4 Å². The molecule has 0 radical (unpaired) electrons. The van der Waals surface area contributed by atoms with Crippen molar-refractivity contribution in [2.75, 3.05) is 20.2 Å². The van der Waals surface area contributed by atoms with E-state index in [0.29, 0.717) is 24.9 Å². The number of benzene rings is 1. The van der Waals surface area contributed by atoms with Crippen molar-refractivity contribution in [1.29, 1.82) is 0 Å². The number of nitrogens with zero attached hydrogens (tertiary/aromatic N) is 3. The lowest BCUT2D eigenvalue weighted by molar-refractivity contribution is 0.213. The molecule has 0 bridgehead atoms. The second kappa shape index (κ2) is 7.39. The largest absolute Gasteiger partial charge is 0.492 e. The Bertz CT molecular complexity index is 723. The molecule has 1 aromatic carbocycles. The molecular formula is C17H19N3O2S. The lowest BCUT2D eigenvalue weighted by Crippen LogP contribution is -2.24. The zero-order chi connectivity index (χ0) is 16.1. The van der Waals surface area contributed by atoms with Crippen molar-refractivity contribution in [3.8, 4) is 17.1 Å². The van der Waals surface area contributed by atoms with E-state index in [-0.39, 0.29) is 0 Å². The van der Waals surface area contributed by atoms with Crippen LogP contribution < -0.4 is 4.74 Å². The van der Waals surface area contributed by atoms with Gasteiger partial charge < -0.3 is 9.26 Å². The van der Waals surface area contributed by atoms with Gasteiger partial charge in [0.05, 0.1) is 6.54 Å². The Morgan fingerprint density at radius 3 is 2.78 bits per heavy atom. The Labute approximate surface area is 139 Å². The fraction of sp³-hybridized carbons (Fsp3) is 0.294. The fourth-order valence-electron chi connectivity index (χ4n) is 2.09. The highest BCUT2D eigenvalue weighted by Crippen LogP contribution is 2.19. The van der Waals surface area contributed by atoms with Crippen LogP contribution in [0.25, 0.3) is 11.4 Å². The second-order valence-electron chi connectivity index (χ2n) is 5.42. The highest BCUT2D eigenvalue weighted by molar-refractivity contribution is 7.08.